The average Bonchev–Trinajstić information content (AvgIpc) is 2.29. The van der Waals surface area contributed by atoms with Crippen molar-refractivity contribution >= 4 is 11.5 Å². The molecule has 1 aliphatic rings. The molecule has 1 aliphatic carbocycles. The first-order valence-electron chi connectivity index (χ1n) is 6.47. The lowest BCUT2D eigenvalue weighted by Gasteiger charge is -2.33. The molecule has 0 spiro atoms. The summed E-state index contributed by atoms with van der Waals surface area (Å²) < 4.78 is 0. The van der Waals surface area contributed by atoms with Crippen LogP contribution in [-0.2, 0) is 0 Å². The monoisotopic (exact) mass is 244 g/mol. The van der Waals surface area contributed by atoms with Crippen molar-refractivity contribution in [2.75, 3.05) is 0 Å². The van der Waals surface area contributed by atoms with E-state index in [0.717, 1.165) is 12.0 Å². The molecule has 2 nitrogen and oxygen atoms in total. The van der Waals surface area contributed by atoms with Gasteiger partial charge in [0.1, 0.15) is 0 Å². The topological polar surface area (TPSA) is 37.3 Å². The quantitative estimate of drug-likeness (QED) is 0.842. The highest BCUT2D eigenvalue weighted by Gasteiger charge is 2.27. The number of hydrogen-bond acceptors (Lipinski definition) is 1. The van der Waals surface area contributed by atoms with Crippen molar-refractivity contribution in [3.8, 4) is 0 Å². The highest BCUT2D eigenvalue weighted by molar-refractivity contribution is 5.88. The van der Waals surface area contributed by atoms with E-state index in [1.807, 2.05) is 13.0 Å². The molecule has 0 amide bonds. The minimum absolute atomic E-state index is 0.188. The third kappa shape index (κ3) is 2.33. The first-order chi connectivity index (χ1) is 8.42. The van der Waals surface area contributed by atoms with E-state index in [4.69, 9.17) is 5.11 Å². The molecule has 2 rings (SSSR count). The van der Waals surface area contributed by atoms with Crippen molar-refractivity contribution in [2.24, 2.45) is 5.41 Å². The van der Waals surface area contributed by atoms with E-state index in [-0.39, 0.29) is 5.41 Å². The van der Waals surface area contributed by atoms with E-state index in [2.05, 4.69) is 19.9 Å². The third-order valence-corrected chi connectivity index (χ3v) is 3.85. The maximum atomic E-state index is 11.0. The Balaban J connectivity index is 2.46. The van der Waals surface area contributed by atoms with Gasteiger partial charge >= 0.3 is 5.97 Å². The third-order valence-electron chi connectivity index (χ3n) is 3.85. The first-order valence-corrected chi connectivity index (χ1v) is 6.47. The van der Waals surface area contributed by atoms with Crippen LogP contribution in [0.5, 0.6) is 0 Å². The number of hydrogen-bond donors (Lipinski definition) is 1. The Morgan fingerprint density at radius 3 is 2.61 bits per heavy atom. The Morgan fingerprint density at radius 1 is 1.33 bits per heavy atom. The van der Waals surface area contributed by atoms with Gasteiger partial charge in [0, 0.05) is 0 Å². The highest BCUT2D eigenvalue weighted by Crippen LogP contribution is 2.43. The van der Waals surface area contributed by atoms with Gasteiger partial charge < -0.3 is 5.11 Å². The lowest BCUT2D eigenvalue weighted by molar-refractivity contribution is 0.0697. The van der Waals surface area contributed by atoms with E-state index in [1.54, 1.807) is 12.1 Å². The van der Waals surface area contributed by atoms with Crippen LogP contribution in [0.1, 0.15) is 54.6 Å². The molecule has 18 heavy (non-hydrogen) atoms. The number of benzene rings is 1. The molecule has 0 radical (unpaired) electrons. The van der Waals surface area contributed by atoms with Crippen molar-refractivity contribution in [1.82, 2.24) is 0 Å². The van der Waals surface area contributed by atoms with Crippen molar-refractivity contribution in [3.63, 3.8) is 0 Å². The fourth-order valence-electron chi connectivity index (χ4n) is 2.77. The molecule has 0 unspecified atom stereocenters. The number of allylic oxidation sites excluding steroid dienone is 2. The Hall–Kier alpha value is -1.57. The largest absolute Gasteiger partial charge is 0.478 e. The van der Waals surface area contributed by atoms with Crippen LogP contribution in [-0.4, -0.2) is 11.1 Å². The summed E-state index contributed by atoms with van der Waals surface area (Å²) in [4.78, 5) is 11.0. The molecule has 1 aromatic carbocycles. The predicted molar refractivity (Wildman–Crippen MR) is 73.7 cm³/mol. The first kappa shape index (κ1) is 12.9. The molecule has 0 aromatic heterocycles. The van der Waals surface area contributed by atoms with Crippen LogP contribution in [0.2, 0.25) is 0 Å². The summed E-state index contributed by atoms with van der Waals surface area (Å²) in [5.41, 5.74) is 4.17. The van der Waals surface area contributed by atoms with Gasteiger partial charge in [-0.25, -0.2) is 4.79 Å². The SMILES string of the molecule is Cc1cc(C(=O)O)ccc1C1=CCCCC1(C)C. The van der Waals surface area contributed by atoms with Gasteiger partial charge in [0.25, 0.3) is 0 Å². The highest BCUT2D eigenvalue weighted by atomic mass is 16.4. The standard InChI is InChI=1S/C16H20O2/c1-11-10-12(15(17)18)7-8-13(11)14-6-4-5-9-16(14,2)3/h6-8,10H,4-5,9H2,1-3H3,(H,17,18). The molecule has 1 N–H and O–H groups in total. The number of carboxylic acids is 1. The number of aromatic carboxylic acids is 1. The predicted octanol–water partition coefficient (Wildman–Crippen LogP) is 4.29. The van der Waals surface area contributed by atoms with Crippen molar-refractivity contribution < 1.29 is 9.90 Å². The summed E-state index contributed by atoms with van der Waals surface area (Å²) in [6.07, 6.45) is 5.87. The summed E-state index contributed by atoms with van der Waals surface area (Å²) in [5, 5.41) is 9.00. The molecule has 0 bridgehead atoms. The fourth-order valence-corrected chi connectivity index (χ4v) is 2.77. The normalized spacial score (nSPS) is 18.3. The van der Waals surface area contributed by atoms with E-state index in [9.17, 15) is 4.79 Å². The second-order valence-electron chi connectivity index (χ2n) is 5.73. The van der Waals surface area contributed by atoms with Gasteiger partial charge in [-0.1, -0.05) is 26.0 Å². The van der Waals surface area contributed by atoms with Crippen LogP contribution in [0, 0.1) is 12.3 Å². The Morgan fingerprint density at radius 2 is 2.06 bits per heavy atom. The van der Waals surface area contributed by atoms with Gasteiger partial charge in [-0.3, -0.25) is 0 Å². The smallest absolute Gasteiger partial charge is 0.335 e. The second kappa shape index (κ2) is 4.60. The summed E-state index contributed by atoms with van der Waals surface area (Å²) in [6.45, 7) is 6.53. The van der Waals surface area contributed by atoms with Crippen LogP contribution in [0.15, 0.2) is 24.3 Å². The average molecular weight is 244 g/mol. The molecule has 0 heterocycles. The minimum atomic E-state index is -0.860. The molecule has 0 fully saturated rings. The van der Waals surface area contributed by atoms with Gasteiger partial charge in [-0.2, -0.15) is 0 Å². The van der Waals surface area contributed by atoms with Crippen LogP contribution in [0.4, 0.5) is 0 Å². The van der Waals surface area contributed by atoms with Crippen LogP contribution < -0.4 is 0 Å². The summed E-state index contributed by atoms with van der Waals surface area (Å²) in [5.74, 6) is -0.860. The van der Waals surface area contributed by atoms with Crippen molar-refractivity contribution in [1.29, 1.82) is 0 Å². The molecule has 96 valence electrons. The minimum Gasteiger partial charge on any atom is -0.478 e. The molecular formula is C16H20O2. The molecule has 0 saturated heterocycles. The number of aryl methyl sites for hydroxylation is 1. The molecule has 2 heteroatoms. The van der Waals surface area contributed by atoms with E-state index in [1.165, 1.54) is 24.0 Å². The van der Waals surface area contributed by atoms with E-state index >= 15 is 0 Å². The molecule has 1 aromatic rings. The Kier molecular flexibility index (Phi) is 3.29. The maximum Gasteiger partial charge on any atom is 0.335 e. The molecule has 0 saturated carbocycles. The van der Waals surface area contributed by atoms with E-state index < -0.39 is 5.97 Å². The van der Waals surface area contributed by atoms with Gasteiger partial charge in [-0.05, 0) is 60.4 Å². The zero-order valence-electron chi connectivity index (χ0n) is 11.3. The summed E-state index contributed by atoms with van der Waals surface area (Å²) >= 11 is 0. The summed E-state index contributed by atoms with van der Waals surface area (Å²) in [6, 6.07) is 5.43. The van der Waals surface area contributed by atoms with Crippen molar-refractivity contribution in [3.05, 3.63) is 41.0 Å². The van der Waals surface area contributed by atoms with E-state index in [0.29, 0.717) is 5.56 Å². The Bertz CT molecular complexity index is 510. The van der Waals surface area contributed by atoms with Crippen molar-refractivity contribution in [2.45, 2.75) is 40.0 Å². The fraction of sp³-hybridized carbons (Fsp3) is 0.438. The lowest BCUT2D eigenvalue weighted by Crippen LogP contribution is -2.17. The molecule has 0 aliphatic heterocycles. The second-order valence-corrected chi connectivity index (χ2v) is 5.73. The van der Waals surface area contributed by atoms with Gasteiger partial charge in [-0.15, -0.1) is 0 Å². The number of carbonyl (C=O) groups is 1. The zero-order chi connectivity index (χ0) is 13.3. The van der Waals surface area contributed by atoms with Crippen LogP contribution in [0.3, 0.4) is 0 Å². The number of rotatable bonds is 2. The molecule has 0 atom stereocenters. The maximum absolute atomic E-state index is 11.0. The van der Waals surface area contributed by atoms with Crippen LogP contribution in [0.25, 0.3) is 5.57 Å². The number of carboxylic acid groups (broad SMARTS) is 1. The Labute approximate surface area is 108 Å². The zero-order valence-corrected chi connectivity index (χ0v) is 11.3. The van der Waals surface area contributed by atoms with Crippen LogP contribution >= 0.6 is 0 Å². The van der Waals surface area contributed by atoms with Gasteiger partial charge in [0.15, 0.2) is 0 Å². The lowest BCUT2D eigenvalue weighted by atomic mass is 9.72. The molecular weight excluding hydrogens is 224 g/mol. The van der Waals surface area contributed by atoms with Gasteiger partial charge in [0.2, 0.25) is 0 Å². The van der Waals surface area contributed by atoms with Gasteiger partial charge in [0.05, 0.1) is 5.56 Å². The summed E-state index contributed by atoms with van der Waals surface area (Å²) in [7, 11) is 0.